The van der Waals surface area contributed by atoms with E-state index in [-0.39, 0.29) is 5.60 Å². The van der Waals surface area contributed by atoms with Crippen LogP contribution < -0.4 is 0 Å². The van der Waals surface area contributed by atoms with Gasteiger partial charge in [0.05, 0.1) is 0 Å². The minimum absolute atomic E-state index is 0.265. The summed E-state index contributed by atoms with van der Waals surface area (Å²) in [5, 5.41) is 0. The van der Waals surface area contributed by atoms with Crippen molar-refractivity contribution in [2.24, 2.45) is 0 Å². The molecule has 0 aliphatic carbocycles. The Bertz CT molecular complexity index is 178. The Morgan fingerprint density at radius 1 is 1.18 bits per heavy atom. The highest BCUT2D eigenvalue weighted by Crippen LogP contribution is 2.15. The minimum atomic E-state index is -1.43. The van der Waals surface area contributed by atoms with Crippen LogP contribution in [0.4, 0.5) is 0 Å². The van der Waals surface area contributed by atoms with E-state index in [2.05, 4.69) is 31.5 Å². The van der Waals surface area contributed by atoms with Crippen LogP contribution in [0.2, 0.25) is 19.6 Å². The van der Waals surface area contributed by atoms with Gasteiger partial charge >= 0.3 is 0 Å². The van der Waals surface area contributed by atoms with Crippen LogP contribution in [0.15, 0.2) is 0 Å². The molecule has 0 aromatic heterocycles. The molecule has 64 valence electrons. The predicted octanol–water partition coefficient (Wildman–Crippen LogP) is 2.64. The molecule has 0 aromatic rings. The van der Waals surface area contributed by atoms with E-state index in [1.807, 2.05) is 20.8 Å². The zero-order valence-corrected chi connectivity index (χ0v) is 9.41. The molecule has 2 heteroatoms. The maximum absolute atomic E-state index is 5.83. The summed E-state index contributed by atoms with van der Waals surface area (Å²) in [5.74, 6) is 5.92. The van der Waals surface area contributed by atoms with E-state index in [0.717, 1.165) is 0 Å². The van der Waals surface area contributed by atoms with E-state index < -0.39 is 8.32 Å². The molecule has 0 saturated heterocycles. The fourth-order valence-electron chi connectivity index (χ4n) is 1.09. The minimum Gasteiger partial charge on any atom is -0.402 e. The molecule has 0 fully saturated rings. The van der Waals surface area contributed by atoms with E-state index in [0.29, 0.717) is 0 Å². The van der Waals surface area contributed by atoms with Crippen molar-refractivity contribution in [3.05, 3.63) is 0 Å². The summed E-state index contributed by atoms with van der Waals surface area (Å²) in [6.45, 7) is 12.4. The molecule has 0 radical (unpaired) electrons. The number of hydrogen-bond acceptors (Lipinski definition) is 1. The average molecular weight is 170 g/mol. The summed E-state index contributed by atoms with van der Waals surface area (Å²) in [4.78, 5) is 0. The third-order valence-electron chi connectivity index (χ3n) is 0.987. The van der Waals surface area contributed by atoms with E-state index in [1.165, 1.54) is 0 Å². The first kappa shape index (κ1) is 10.7. The summed E-state index contributed by atoms with van der Waals surface area (Å²) in [6, 6.07) is 0. The Morgan fingerprint density at radius 2 is 1.64 bits per heavy atom. The molecule has 0 aliphatic heterocycles. The van der Waals surface area contributed by atoms with Gasteiger partial charge in [-0.3, -0.25) is 0 Å². The van der Waals surface area contributed by atoms with Gasteiger partial charge in [-0.15, -0.1) is 5.92 Å². The SMILES string of the molecule is CC#CC(C)(C)O[Si](C)(C)C. The van der Waals surface area contributed by atoms with Gasteiger partial charge in [0.25, 0.3) is 0 Å². The fourth-order valence-corrected chi connectivity index (χ4v) is 2.67. The van der Waals surface area contributed by atoms with Crippen molar-refractivity contribution in [3.63, 3.8) is 0 Å². The molecular weight excluding hydrogens is 152 g/mol. The third kappa shape index (κ3) is 6.15. The zero-order chi connectivity index (χ0) is 9.12. The quantitative estimate of drug-likeness (QED) is 0.457. The largest absolute Gasteiger partial charge is 0.402 e. The lowest BCUT2D eigenvalue weighted by atomic mass is 10.1. The van der Waals surface area contributed by atoms with Crippen molar-refractivity contribution < 1.29 is 4.43 Å². The van der Waals surface area contributed by atoms with Gasteiger partial charge in [0.1, 0.15) is 5.60 Å². The Labute approximate surface area is 71.3 Å². The van der Waals surface area contributed by atoms with Crippen molar-refractivity contribution >= 4 is 8.32 Å². The first-order valence-corrected chi connectivity index (χ1v) is 7.32. The van der Waals surface area contributed by atoms with Crippen molar-refractivity contribution in [3.8, 4) is 11.8 Å². The van der Waals surface area contributed by atoms with E-state index >= 15 is 0 Å². The topological polar surface area (TPSA) is 9.23 Å². The third-order valence-corrected chi connectivity index (χ3v) is 2.11. The van der Waals surface area contributed by atoms with Gasteiger partial charge in [0.2, 0.25) is 0 Å². The highest BCUT2D eigenvalue weighted by Gasteiger charge is 2.24. The van der Waals surface area contributed by atoms with Crippen LogP contribution in [0.3, 0.4) is 0 Å². The van der Waals surface area contributed by atoms with Gasteiger partial charge in [0, 0.05) is 0 Å². The van der Waals surface area contributed by atoms with Gasteiger partial charge in [-0.1, -0.05) is 5.92 Å². The molecule has 0 aliphatic rings. The second-order valence-corrected chi connectivity index (χ2v) is 8.53. The normalized spacial score (nSPS) is 12.2. The summed E-state index contributed by atoms with van der Waals surface area (Å²) < 4.78 is 5.83. The maximum atomic E-state index is 5.83. The van der Waals surface area contributed by atoms with Gasteiger partial charge < -0.3 is 4.43 Å². The van der Waals surface area contributed by atoms with Crippen molar-refractivity contribution in [2.45, 2.75) is 46.0 Å². The second kappa shape index (κ2) is 3.42. The Kier molecular flexibility index (Phi) is 3.34. The maximum Gasteiger partial charge on any atom is 0.185 e. The fraction of sp³-hybridized carbons (Fsp3) is 0.778. The van der Waals surface area contributed by atoms with Gasteiger partial charge in [-0.25, -0.2) is 0 Å². The lowest BCUT2D eigenvalue weighted by Crippen LogP contribution is -2.37. The molecule has 0 spiro atoms. The molecule has 1 nitrogen and oxygen atoms in total. The van der Waals surface area contributed by atoms with Crippen LogP contribution in [0.5, 0.6) is 0 Å². The molecule has 0 unspecified atom stereocenters. The molecule has 0 atom stereocenters. The average Bonchev–Trinajstić information content (AvgIpc) is 1.55. The summed E-state index contributed by atoms with van der Waals surface area (Å²) in [7, 11) is -1.43. The second-order valence-electron chi connectivity index (χ2n) is 4.10. The van der Waals surface area contributed by atoms with Crippen LogP contribution in [-0.4, -0.2) is 13.9 Å². The lowest BCUT2D eigenvalue weighted by Gasteiger charge is -2.28. The number of hydrogen-bond donors (Lipinski definition) is 0. The van der Waals surface area contributed by atoms with Crippen molar-refractivity contribution in [1.82, 2.24) is 0 Å². The molecule has 0 saturated carbocycles. The zero-order valence-electron chi connectivity index (χ0n) is 8.41. The van der Waals surface area contributed by atoms with Gasteiger partial charge in [-0.2, -0.15) is 0 Å². The van der Waals surface area contributed by atoms with E-state index in [1.54, 1.807) is 0 Å². The van der Waals surface area contributed by atoms with Crippen LogP contribution in [0.25, 0.3) is 0 Å². The molecule has 0 amide bonds. The molecule has 11 heavy (non-hydrogen) atoms. The standard InChI is InChI=1S/C9H18OSi/c1-7-8-9(2,3)10-11(4,5)6/h1-6H3. The lowest BCUT2D eigenvalue weighted by molar-refractivity contribution is 0.164. The molecule has 0 bridgehead atoms. The first-order valence-electron chi connectivity index (χ1n) is 3.91. The smallest absolute Gasteiger partial charge is 0.185 e. The van der Waals surface area contributed by atoms with Gasteiger partial charge in [0.15, 0.2) is 8.32 Å². The summed E-state index contributed by atoms with van der Waals surface area (Å²) in [6.07, 6.45) is 0. The van der Waals surface area contributed by atoms with E-state index in [9.17, 15) is 0 Å². The molecule has 0 rings (SSSR count). The molecule has 0 N–H and O–H groups in total. The first-order chi connectivity index (χ1) is 4.77. The molecule has 0 aromatic carbocycles. The Morgan fingerprint density at radius 3 is 1.91 bits per heavy atom. The van der Waals surface area contributed by atoms with Gasteiger partial charge in [-0.05, 0) is 40.4 Å². The van der Waals surface area contributed by atoms with Crippen molar-refractivity contribution in [2.75, 3.05) is 0 Å². The number of rotatable bonds is 2. The van der Waals surface area contributed by atoms with Crippen LogP contribution in [0.1, 0.15) is 20.8 Å². The molecule has 0 heterocycles. The van der Waals surface area contributed by atoms with Crippen LogP contribution in [-0.2, 0) is 4.43 Å². The van der Waals surface area contributed by atoms with Crippen LogP contribution in [0, 0.1) is 11.8 Å². The Balaban J connectivity index is 4.21. The highest BCUT2D eigenvalue weighted by molar-refractivity contribution is 6.69. The highest BCUT2D eigenvalue weighted by atomic mass is 28.4. The van der Waals surface area contributed by atoms with Crippen molar-refractivity contribution in [1.29, 1.82) is 0 Å². The monoisotopic (exact) mass is 170 g/mol. The van der Waals surface area contributed by atoms with Crippen LogP contribution >= 0.6 is 0 Å². The summed E-state index contributed by atoms with van der Waals surface area (Å²) >= 11 is 0. The molecular formula is C9H18OSi. The summed E-state index contributed by atoms with van der Waals surface area (Å²) in [5.41, 5.74) is -0.265. The Hall–Kier alpha value is -0.263. The predicted molar refractivity (Wildman–Crippen MR) is 52.0 cm³/mol. The van der Waals surface area contributed by atoms with E-state index in [4.69, 9.17) is 4.43 Å².